The van der Waals surface area contributed by atoms with Gasteiger partial charge in [0.05, 0.1) is 6.10 Å². The average molecular weight is 509 g/mol. The maximum atomic E-state index is 6.08. The molecule has 2 N–H and O–H groups in total. The molecule has 158 valence electrons. The molecular weight excluding hydrogens is 477 g/mol. The van der Waals surface area contributed by atoms with Crippen molar-refractivity contribution in [3.05, 3.63) is 65.2 Å². The van der Waals surface area contributed by atoms with Crippen LogP contribution >= 0.6 is 24.0 Å². The van der Waals surface area contributed by atoms with E-state index in [4.69, 9.17) is 9.47 Å². The predicted octanol–water partition coefficient (Wildman–Crippen LogP) is 4.08. The predicted molar refractivity (Wildman–Crippen MR) is 129 cm³/mol. The quantitative estimate of drug-likeness (QED) is 0.320. The summed E-state index contributed by atoms with van der Waals surface area (Å²) in [7, 11) is 1.79. The van der Waals surface area contributed by atoms with Crippen LogP contribution in [0.15, 0.2) is 53.5 Å². The van der Waals surface area contributed by atoms with Crippen molar-refractivity contribution in [1.29, 1.82) is 0 Å². The van der Waals surface area contributed by atoms with Gasteiger partial charge in [0.25, 0.3) is 0 Å². The lowest BCUT2D eigenvalue weighted by molar-refractivity contribution is 0.0676. The molecule has 0 saturated carbocycles. The Bertz CT molecular complexity index is 762. The van der Waals surface area contributed by atoms with Crippen molar-refractivity contribution in [2.75, 3.05) is 26.8 Å². The van der Waals surface area contributed by atoms with Crippen LogP contribution < -0.4 is 15.4 Å². The number of guanidine groups is 1. The molecule has 29 heavy (non-hydrogen) atoms. The molecule has 0 radical (unpaired) electrons. The number of aliphatic imine (C=N–C) groups is 1. The van der Waals surface area contributed by atoms with Crippen LogP contribution in [0, 0.1) is 6.92 Å². The summed E-state index contributed by atoms with van der Waals surface area (Å²) in [5, 5.41) is 6.76. The van der Waals surface area contributed by atoms with Crippen molar-refractivity contribution in [2.24, 2.45) is 4.99 Å². The molecule has 0 spiro atoms. The number of benzene rings is 2. The third-order valence-electron chi connectivity index (χ3n) is 4.89. The lowest BCUT2D eigenvalue weighted by Crippen LogP contribution is -2.38. The fourth-order valence-electron chi connectivity index (χ4n) is 3.27. The minimum absolute atomic E-state index is 0. The standard InChI is InChI=1S/C23H31N3O2.HI/c1-18-10-11-20(22(15-18)28-17-21-9-6-14-27-21)16-26-23(24-2)25-13-12-19-7-4-3-5-8-19;/h3-5,7-8,10-11,15,21H,6,9,12-14,16-17H2,1-2H3,(H2,24,25,26);1H. The molecule has 3 rings (SSSR count). The molecule has 2 aromatic carbocycles. The SMILES string of the molecule is CN=C(NCCc1ccccc1)NCc1ccc(C)cc1OCC1CCCO1.I. The number of rotatable bonds is 8. The first kappa shape index (κ1) is 23.5. The van der Waals surface area contributed by atoms with Gasteiger partial charge >= 0.3 is 0 Å². The molecule has 5 nitrogen and oxygen atoms in total. The zero-order chi connectivity index (χ0) is 19.6. The Labute approximate surface area is 191 Å². The fraction of sp³-hybridized carbons (Fsp3) is 0.435. The molecule has 2 aromatic rings. The normalized spacial score (nSPS) is 16.2. The number of aryl methyl sites for hydroxylation is 1. The second-order valence-corrected chi connectivity index (χ2v) is 7.15. The Balaban J connectivity index is 0.00000300. The van der Waals surface area contributed by atoms with E-state index in [0.29, 0.717) is 13.2 Å². The van der Waals surface area contributed by atoms with E-state index in [1.807, 2.05) is 6.07 Å². The van der Waals surface area contributed by atoms with Crippen LogP contribution in [0.25, 0.3) is 0 Å². The van der Waals surface area contributed by atoms with Crippen LogP contribution in [-0.2, 0) is 17.7 Å². The lowest BCUT2D eigenvalue weighted by Gasteiger charge is -2.17. The monoisotopic (exact) mass is 509 g/mol. The maximum absolute atomic E-state index is 6.08. The van der Waals surface area contributed by atoms with Gasteiger partial charge in [-0.3, -0.25) is 4.99 Å². The number of nitrogens with one attached hydrogen (secondary N) is 2. The first-order chi connectivity index (χ1) is 13.7. The molecule has 1 aliphatic rings. The minimum Gasteiger partial charge on any atom is -0.491 e. The summed E-state index contributed by atoms with van der Waals surface area (Å²) in [6, 6.07) is 16.8. The third-order valence-corrected chi connectivity index (χ3v) is 4.89. The highest BCUT2D eigenvalue weighted by Gasteiger charge is 2.17. The van der Waals surface area contributed by atoms with Crippen LogP contribution in [0.5, 0.6) is 5.75 Å². The number of hydrogen-bond donors (Lipinski definition) is 2. The van der Waals surface area contributed by atoms with Gasteiger partial charge in [0.15, 0.2) is 5.96 Å². The highest BCUT2D eigenvalue weighted by atomic mass is 127. The molecule has 6 heteroatoms. The second kappa shape index (κ2) is 12.7. The smallest absolute Gasteiger partial charge is 0.191 e. The van der Waals surface area contributed by atoms with E-state index in [1.54, 1.807) is 7.05 Å². The summed E-state index contributed by atoms with van der Waals surface area (Å²) in [6.07, 6.45) is 3.38. The number of ether oxygens (including phenoxy) is 2. The van der Waals surface area contributed by atoms with Gasteiger partial charge in [-0.15, -0.1) is 24.0 Å². The number of nitrogens with zero attached hydrogens (tertiary/aromatic N) is 1. The van der Waals surface area contributed by atoms with Crippen LogP contribution in [0.4, 0.5) is 0 Å². The Kier molecular flexibility index (Phi) is 10.3. The minimum atomic E-state index is 0. The van der Waals surface area contributed by atoms with Gasteiger partial charge < -0.3 is 20.1 Å². The van der Waals surface area contributed by atoms with Gasteiger partial charge in [-0.05, 0) is 43.4 Å². The molecule has 0 aliphatic carbocycles. The van der Waals surface area contributed by atoms with Crippen LogP contribution in [0.1, 0.15) is 29.5 Å². The number of halogens is 1. The summed E-state index contributed by atoms with van der Waals surface area (Å²) in [4.78, 5) is 4.32. The third kappa shape index (κ3) is 7.85. The van der Waals surface area contributed by atoms with Crippen LogP contribution in [0.3, 0.4) is 0 Å². The Morgan fingerprint density at radius 3 is 2.72 bits per heavy atom. The fourth-order valence-corrected chi connectivity index (χ4v) is 3.27. The summed E-state index contributed by atoms with van der Waals surface area (Å²) in [6.45, 7) is 5.04. The van der Waals surface area contributed by atoms with Crippen molar-refractivity contribution in [2.45, 2.75) is 38.8 Å². The average Bonchev–Trinajstić information content (AvgIpc) is 3.24. The zero-order valence-electron chi connectivity index (χ0n) is 17.3. The van der Waals surface area contributed by atoms with Crippen molar-refractivity contribution in [1.82, 2.24) is 10.6 Å². The van der Waals surface area contributed by atoms with Crippen LogP contribution in [0.2, 0.25) is 0 Å². The molecule has 1 aliphatic heterocycles. The van der Waals surface area contributed by atoms with Gasteiger partial charge in [0.2, 0.25) is 0 Å². The zero-order valence-corrected chi connectivity index (χ0v) is 19.6. The Morgan fingerprint density at radius 2 is 2.00 bits per heavy atom. The highest BCUT2D eigenvalue weighted by molar-refractivity contribution is 14.0. The van der Waals surface area contributed by atoms with Gasteiger partial charge in [0.1, 0.15) is 12.4 Å². The molecule has 1 unspecified atom stereocenters. The van der Waals surface area contributed by atoms with E-state index in [0.717, 1.165) is 49.7 Å². The maximum Gasteiger partial charge on any atom is 0.191 e. The van der Waals surface area contributed by atoms with Gasteiger partial charge in [-0.1, -0.05) is 42.5 Å². The lowest BCUT2D eigenvalue weighted by atomic mass is 10.1. The van der Waals surface area contributed by atoms with Crippen molar-refractivity contribution >= 4 is 29.9 Å². The topological polar surface area (TPSA) is 54.9 Å². The first-order valence-corrected chi connectivity index (χ1v) is 10.1. The van der Waals surface area contributed by atoms with Gasteiger partial charge in [-0.2, -0.15) is 0 Å². The summed E-state index contributed by atoms with van der Waals surface area (Å²) >= 11 is 0. The second-order valence-electron chi connectivity index (χ2n) is 7.15. The van der Waals surface area contributed by atoms with Crippen molar-refractivity contribution in [3.63, 3.8) is 0 Å². The van der Waals surface area contributed by atoms with E-state index in [-0.39, 0.29) is 30.1 Å². The van der Waals surface area contributed by atoms with E-state index >= 15 is 0 Å². The molecule has 1 saturated heterocycles. The molecule has 1 fully saturated rings. The molecule has 0 aromatic heterocycles. The Hall–Kier alpha value is -1.80. The Morgan fingerprint density at radius 1 is 1.17 bits per heavy atom. The number of hydrogen-bond acceptors (Lipinski definition) is 3. The molecular formula is C23H32IN3O2. The molecule has 0 amide bonds. The van der Waals surface area contributed by atoms with Crippen molar-refractivity contribution in [3.8, 4) is 5.75 Å². The van der Waals surface area contributed by atoms with Gasteiger partial charge in [-0.25, -0.2) is 0 Å². The molecule has 1 heterocycles. The first-order valence-electron chi connectivity index (χ1n) is 10.1. The van der Waals surface area contributed by atoms with Gasteiger partial charge in [0, 0.05) is 32.3 Å². The van der Waals surface area contributed by atoms with E-state index in [1.165, 1.54) is 11.1 Å². The largest absolute Gasteiger partial charge is 0.491 e. The highest BCUT2D eigenvalue weighted by Crippen LogP contribution is 2.22. The van der Waals surface area contributed by atoms with E-state index in [9.17, 15) is 0 Å². The van der Waals surface area contributed by atoms with E-state index < -0.39 is 0 Å². The van der Waals surface area contributed by atoms with E-state index in [2.05, 4.69) is 65.0 Å². The summed E-state index contributed by atoms with van der Waals surface area (Å²) in [5.74, 6) is 1.71. The summed E-state index contributed by atoms with van der Waals surface area (Å²) < 4.78 is 11.8. The molecule has 1 atom stereocenters. The summed E-state index contributed by atoms with van der Waals surface area (Å²) in [5.41, 5.74) is 3.62. The molecule has 0 bridgehead atoms. The van der Waals surface area contributed by atoms with Crippen molar-refractivity contribution < 1.29 is 9.47 Å². The van der Waals surface area contributed by atoms with Crippen LogP contribution in [-0.4, -0.2) is 38.9 Å².